The highest BCUT2D eigenvalue weighted by atomic mass is 19.4. The maximum absolute atomic E-state index is 12.1. The first-order chi connectivity index (χ1) is 8.28. The van der Waals surface area contributed by atoms with E-state index in [0.717, 1.165) is 12.8 Å². The van der Waals surface area contributed by atoms with Crippen molar-refractivity contribution in [3.8, 4) is 0 Å². The fraction of sp³-hybridized carbons (Fsp3) is 0.818. The minimum absolute atomic E-state index is 0.0723. The van der Waals surface area contributed by atoms with Crippen molar-refractivity contribution >= 4 is 11.9 Å². The predicted octanol–water partition coefficient (Wildman–Crippen LogP) is 1.72. The zero-order valence-electron chi connectivity index (χ0n) is 10.1. The van der Waals surface area contributed by atoms with Gasteiger partial charge in [0.2, 0.25) is 0 Å². The van der Waals surface area contributed by atoms with Gasteiger partial charge >= 0.3 is 6.18 Å². The molecule has 18 heavy (non-hydrogen) atoms. The molecule has 1 heterocycles. The summed E-state index contributed by atoms with van der Waals surface area (Å²) in [6.07, 6.45) is -2.96. The van der Waals surface area contributed by atoms with Crippen molar-refractivity contribution in [1.29, 1.82) is 0 Å². The molecule has 1 saturated carbocycles. The first-order valence-electron chi connectivity index (χ1n) is 6.03. The zero-order valence-corrected chi connectivity index (χ0v) is 10.1. The average Bonchev–Trinajstić information content (AvgIpc) is 2.94. The SMILES string of the molecule is CC1(CCCC(F)(F)F)NC(=NC2CC2)NC1=O. The standard InChI is InChI=1S/C11H16F3N3O/c1-10(5-2-6-11(12,13)14)8(18)16-9(17-10)15-7-3-4-7/h7H,2-6H2,1H3,(H2,15,16,17,18). The highest BCUT2D eigenvalue weighted by molar-refractivity contribution is 6.08. The molecular formula is C11H16F3N3O. The summed E-state index contributed by atoms with van der Waals surface area (Å²) in [6.45, 7) is 1.61. The van der Waals surface area contributed by atoms with Gasteiger partial charge in [0, 0.05) is 6.42 Å². The molecule has 1 aliphatic carbocycles. The van der Waals surface area contributed by atoms with Crippen molar-refractivity contribution in [2.45, 2.75) is 56.8 Å². The lowest BCUT2D eigenvalue weighted by Crippen LogP contribution is -2.43. The predicted molar refractivity (Wildman–Crippen MR) is 60.0 cm³/mol. The third-order valence-electron chi connectivity index (χ3n) is 3.12. The van der Waals surface area contributed by atoms with Crippen LogP contribution in [0.3, 0.4) is 0 Å². The first kappa shape index (κ1) is 13.2. The molecule has 0 radical (unpaired) electrons. The monoisotopic (exact) mass is 263 g/mol. The Bertz CT molecular complexity index is 376. The van der Waals surface area contributed by atoms with Crippen molar-refractivity contribution in [3.63, 3.8) is 0 Å². The van der Waals surface area contributed by atoms with Crippen molar-refractivity contribution in [3.05, 3.63) is 0 Å². The van der Waals surface area contributed by atoms with Gasteiger partial charge in [0.15, 0.2) is 5.96 Å². The number of aliphatic imine (C=N–C) groups is 1. The molecule has 1 atom stereocenters. The molecule has 0 aromatic heterocycles. The summed E-state index contributed by atoms with van der Waals surface area (Å²) in [5, 5.41) is 5.48. The molecule has 2 rings (SSSR count). The molecule has 7 heteroatoms. The normalized spacial score (nSPS) is 30.4. The van der Waals surface area contributed by atoms with E-state index in [1.165, 1.54) is 0 Å². The Morgan fingerprint density at radius 3 is 2.67 bits per heavy atom. The minimum Gasteiger partial charge on any atom is -0.342 e. The molecule has 2 aliphatic rings. The molecular weight excluding hydrogens is 247 g/mol. The van der Waals surface area contributed by atoms with E-state index in [0.29, 0.717) is 5.96 Å². The van der Waals surface area contributed by atoms with E-state index >= 15 is 0 Å². The molecule has 1 amide bonds. The second-order valence-electron chi connectivity index (χ2n) is 5.09. The van der Waals surface area contributed by atoms with Crippen LogP contribution in [0.4, 0.5) is 13.2 Å². The number of nitrogens with one attached hydrogen (secondary N) is 2. The number of nitrogens with zero attached hydrogens (tertiary/aromatic N) is 1. The van der Waals surface area contributed by atoms with Crippen LogP contribution in [0.2, 0.25) is 0 Å². The van der Waals surface area contributed by atoms with Gasteiger partial charge in [0.25, 0.3) is 5.91 Å². The Hall–Kier alpha value is -1.27. The van der Waals surface area contributed by atoms with Gasteiger partial charge in [-0.2, -0.15) is 13.2 Å². The highest BCUT2D eigenvalue weighted by Gasteiger charge is 2.41. The van der Waals surface area contributed by atoms with Crippen LogP contribution in [0.15, 0.2) is 4.99 Å². The maximum atomic E-state index is 12.1. The Morgan fingerprint density at radius 2 is 2.11 bits per heavy atom. The van der Waals surface area contributed by atoms with Gasteiger partial charge < -0.3 is 5.32 Å². The molecule has 2 N–H and O–H groups in total. The lowest BCUT2D eigenvalue weighted by Gasteiger charge is -2.21. The molecule has 2 fully saturated rings. The molecule has 4 nitrogen and oxygen atoms in total. The Labute approximate surface area is 103 Å². The van der Waals surface area contributed by atoms with Crippen LogP contribution in [-0.4, -0.2) is 29.6 Å². The summed E-state index contributed by atoms with van der Waals surface area (Å²) in [5.74, 6) is 0.0982. The molecule has 1 saturated heterocycles. The summed E-state index contributed by atoms with van der Waals surface area (Å²) in [7, 11) is 0. The van der Waals surface area contributed by atoms with Crippen LogP contribution >= 0.6 is 0 Å². The third kappa shape index (κ3) is 3.36. The molecule has 0 aromatic carbocycles. The van der Waals surface area contributed by atoms with Crippen LogP contribution in [-0.2, 0) is 4.79 Å². The number of carbonyl (C=O) groups is 1. The Kier molecular flexibility index (Phi) is 3.25. The van der Waals surface area contributed by atoms with Crippen molar-refractivity contribution in [2.75, 3.05) is 0 Å². The summed E-state index contributed by atoms with van der Waals surface area (Å²) in [4.78, 5) is 16.0. The molecule has 1 aliphatic heterocycles. The highest BCUT2D eigenvalue weighted by Crippen LogP contribution is 2.27. The van der Waals surface area contributed by atoms with E-state index < -0.39 is 18.1 Å². The topological polar surface area (TPSA) is 53.5 Å². The van der Waals surface area contributed by atoms with Crippen LogP contribution in [0, 0.1) is 0 Å². The van der Waals surface area contributed by atoms with Crippen molar-refractivity contribution in [1.82, 2.24) is 10.6 Å². The minimum atomic E-state index is -4.17. The van der Waals surface area contributed by atoms with Crippen LogP contribution in [0.25, 0.3) is 0 Å². The molecule has 102 valence electrons. The van der Waals surface area contributed by atoms with Gasteiger partial charge in [-0.3, -0.25) is 10.1 Å². The van der Waals surface area contributed by atoms with Crippen LogP contribution < -0.4 is 10.6 Å². The summed E-state index contributed by atoms with van der Waals surface area (Å²) >= 11 is 0. The van der Waals surface area contributed by atoms with Crippen molar-refractivity contribution < 1.29 is 18.0 Å². The van der Waals surface area contributed by atoms with Gasteiger partial charge in [-0.25, -0.2) is 4.99 Å². The third-order valence-corrected chi connectivity index (χ3v) is 3.12. The Morgan fingerprint density at radius 1 is 1.44 bits per heavy atom. The van der Waals surface area contributed by atoms with E-state index in [2.05, 4.69) is 15.6 Å². The molecule has 1 unspecified atom stereocenters. The first-order valence-corrected chi connectivity index (χ1v) is 6.03. The lowest BCUT2D eigenvalue weighted by atomic mass is 9.95. The van der Waals surface area contributed by atoms with Gasteiger partial charge in [-0.1, -0.05) is 0 Å². The fourth-order valence-corrected chi connectivity index (χ4v) is 1.86. The quantitative estimate of drug-likeness (QED) is 0.811. The smallest absolute Gasteiger partial charge is 0.342 e. The molecule has 0 spiro atoms. The van der Waals surface area contributed by atoms with Gasteiger partial charge in [0.1, 0.15) is 5.54 Å². The number of carbonyl (C=O) groups excluding carboxylic acids is 1. The van der Waals surface area contributed by atoms with Crippen molar-refractivity contribution in [2.24, 2.45) is 4.99 Å². The van der Waals surface area contributed by atoms with Gasteiger partial charge in [-0.05, 0) is 32.6 Å². The van der Waals surface area contributed by atoms with E-state index in [1.54, 1.807) is 6.92 Å². The van der Waals surface area contributed by atoms with E-state index in [1.807, 2.05) is 0 Å². The second kappa shape index (κ2) is 4.44. The largest absolute Gasteiger partial charge is 0.389 e. The van der Waals surface area contributed by atoms with Gasteiger partial charge in [-0.15, -0.1) is 0 Å². The Balaban J connectivity index is 1.88. The fourth-order valence-electron chi connectivity index (χ4n) is 1.86. The van der Waals surface area contributed by atoms with Gasteiger partial charge in [0.05, 0.1) is 6.04 Å². The van der Waals surface area contributed by atoms with Crippen LogP contribution in [0.1, 0.15) is 39.0 Å². The number of hydrogen-bond acceptors (Lipinski definition) is 2. The maximum Gasteiger partial charge on any atom is 0.389 e. The van der Waals surface area contributed by atoms with E-state index in [9.17, 15) is 18.0 Å². The molecule has 0 bridgehead atoms. The number of amides is 1. The van der Waals surface area contributed by atoms with E-state index in [-0.39, 0.29) is 24.8 Å². The summed E-state index contributed by atoms with van der Waals surface area (Å²) < 4.78 is 36.2. The number of alkyl halides is 3. The number of rotatable bonds is 4. The zero-order chi connectivity index (χ0) is 13.4. The number of halogens is 3. The number of hydrogen-bond donors (Lipinski definition) is 2. The summed E-state index contributed by atoms with van der Waals surface area (Å²) in [6, 6.07) is 0.255. The second-order valence-corrected chi connectivity index (χ2v) is 5.09. The average molecular weight is 263 g/mol. The number of guanidine groups is 1. The lowest BCUT2D eigenvalue weighted by molar-refractivity contribution is -0.137. The molecule has 0 aromatic rings. The summed E-state index contributed by atoms with van der Waals surface area (Å²) in [5.41, 5.74) is -0.973. The van der Waals surface area contributed by atoms with Crippen LogP contribution in [0.5, 0.6) is 0 Å². The van der Waals surface area contributed by atoms with E-state index in [4.69, 9.17) is 0 Å².